The zero-order valence-electron chi connectivity index (χ0n) is 25.1. The van der Waals surface area contributed by atoms with Crippen LogP contribution in [0.4, 0.5) is 0 Å². The third kappa shape index (κ3) is 5.04. The lowest BCUT2D eigenvalue weighted by Crippen LogP contribution is -2.65. The van der Waals surface area contributed by atoms with E-state index in [0.717, 1.165) is 18.4 Å². The van der Waals surface area contributed by atoms with Crippen LogP contribution in [0, 0.1) is 17.3 Å². The van der Waals surface area contributed by atoms with Crippen molar-refractivity contribution in [3.63, 3.8) is 0 Å². The van der Waals surface area contributed by atoms with Crippen LogP contribution >= 0.6 is 0 Å². The van der Waals surface area contributed by atoms with Gasteiger partial charge in [-0.15, -0.1) is 0 Å². The molecule has 4 aliphatic rings. The number of methoxy groups -OCH3 is 1. The highest BCUT2D eigenvalue weighted by Crippen LogP contribution is 2.65. The number of nitrogens with two attached hydrogens (primary N) is 1. The molecule has 0 radical (unpaired) electrons. The number of rotatable bonds is 8. The molecule has 2 unspecified atom stereocenters. The lowest BCUT2D eigenvalue weighted by Gasteiger charge is -2.64. The molecule has 3 aliphatic carbocycles. The smallest absolute Gasteiger partial charge is 0.482 e. The van der Waals surface area contributed by atoms with E-state index in [1.807, 2.05) is 6.07 Å². The van der Waals surface area contributed by atoms with E-state index in [1.165, 1.54) is 7.11 Å². The monoisotopic (exact) mass is 563 g/mol. The Morgan fingerprint density at radius 3 is 2.56 bits per heavy atom. The standard InChI is InChI=1S/C31H42BN3O6/c1-29(2,3)21-11-10-19(28(37)38)26(39-7)20(21)15-24(35-27(36)25(33)17-9-8-12-34-16-17)32-40-23-14-18-13-22(30(18,4)5)31(23,6)41-32/h8-12,16,18,22-25H,13-15,33H2,1-7H3,(H,35,36)(H,37,38)/t18-,22-,23+,24?,25?,31-/m0/s1. The largest absolute Gasteiger partial charge is 0.496 e. The van der Waals surface area contributed by atoms with E-state index in [9.17, 15) is 14.7 Å². The molecular formula is C31H42BN3O6. The minimum absolute atomic E-state index is 0.0594. The fourth-order valence-electron chi connectivity index (χ4n) is 7.42. The second-order valence-electron chi connectivity index (χ2n) is 13.6. The van der Waals surface area contributed by atoms with Crippen molar-refractivity contribution in [1.82, 2.24) is 10.3 Å². The molecule has 9 nitrogen and oxygen atoms in total. The number of nitrogens with zero attached hydrogens (tertiary/aromatic N) is 1. The SMILES string of the molecule is COc1c(C(=O)O)ccc(C(C)(C)C)c1CC(NC(=O)C(N)c1cccnc1)B1O[C@@H]2C[C@@H]3C[C@@H](C3(C)C)[C@]2(C)O1. The number of aromatic carboxylic acids is 1. The lowest BCUT2D eigenvalue weighted by atomic mass is 9.43. The van der Waals surface area contributed by atoms with Crippen molar-refractivity contribution in [3.8, 4) is 5.75 Å². The van der Waals surface area contributed by atoms with Crippen molar-refractivity contribution in [3.05, 3.63) is 58.9 Å². The third-order valence-corrected chi connectivity index (χ3v) is 9.88. The Balaban J connectivity index is 1.53. The van der Waals surface area contributed by atoms with Gasteiger partial charge in [0.25, 0.3) is 0 Å². The average molecular weight is 564 g/mol. The van der Waals surface area contributed by atoms with Gasteiger partial charge in [0, 0.05) is 18.0 Å². The van der Waals surface area contributed by atoms with Gasteiger partial charge >= 0.3 is 13.1 Å². The van der Waals surface area contributed by atoms with Crippen molar-refractivity contribution in [2.24, 2.45) is 23.0 Å². The first-order valence-electron chi connectivity index (χ1n) is 14.4. The highest BCUT2D eigenvalue weighted by molar-refractivity contribution is 6.48. The van der Waals surface area contributed by atoms with Gasteiger partial charge in [-0.25, -0.2) is 4.79 Å². The van der Waals surface area contributed by atoms with Crippen LogP contribution in [0.15, 0.2) is 36.7 Å². The second-order valence-corrected chi connectivity index (χ2v) is 13.6. The predicted octanol–water partition coefficient (Wildman–Crippen LogP) is 4.08. The molecule has 220 valence electrons. The van der Waals surface area contributed by atoms with Crippen molar-refractivity contribution in [1.29, 1.82) is 0 Å². The van der Waals surface area contributed by atoms with Gasteiger partial charge in [0.15, 0.2) is 0 Å². The van der Waals surface area contributed by atoms with Gasteiger partial charge in [0.1, 0.15) is 17.4 Å². The Hall–Kier alpha value is -2.95. The summed E-state index contributed by atoms with van der Waals surface area (Å²) in [6.45, 7) is 12.9. The first kappa shape index (κ1) is 29.5. The molecule has 4 fully saturated rings. The van der Waals surface area contributed by atoms with E-state index in [0.29, 0.717) is 23.0 Å². The summed E-state index contributed by atoms with van der Waals surface area (Å²) < 4.78 is 19.1. The number of benzene rings is 1. The van der Waals surface area contributed by atoms with Crippen molar-refractivity contribution in [2.45, 2.75) is 89.9 Å². The number of nitrogens with one attached hydrogen (secondary N) is 1. The van der Waals surface area contributed by atoms with E-state index in [2.05, 4.69) is 51.8 Å². The number of aromatic nitrogens is 1. The van der Waals surface area contributed by atoms with Crippen LogP contribution in [0.25, 0.3) is 0 Å². The number of pyridine rings is 1. The average Bonchev–Trinajstić information content (AvgIpc) is 3.28. The Morgan fingerprint density at radius 2 is 1.98 bits per heavy atom. The molecule has 2 heterocycles. The summed E-state index contributed by atoms with van der Waals surface area (Å²) in [7, 11) is 0.716. The van der Waals surface area contributed by atoms with Gasteiger partial charge in [-0.2, -0.15) is 0 Å². The number of amides is 1. The number of carbonyl (C=O) groups excluding carboxylic acids is 1. The van der Waals surface area contributed by atoms with Gasteiger partial charge in [-0.3, -0.25) is 9.78 Å². The van der Waals surface area contributed by atoms with Crippen LogP contribution in [-0.2, 0) is 25.9 Å². The summed E-state index contributed by atoms with van der Waals surface area (Å²) in [5.74, 6) is -0.965. The van der Waals surface area contributed by atoms with E-state index in [4.69, 9.17) is 19.8 Å². The van der Waals surface area contributed by atoms with Crippen molar-refractivity contribution < 1.29 is 28.7 Å². The quantitative estimate of drug-likeness (QED) is 0.410. The number of hydrogen-bond donors (Lipinski definition) is 3. The molecule has 10 heteroatoms. The highest BCUT2D eigenvalue weighted by Gasteiger charge is 2.68. The molecule has 4 N–H and O–H groups in total. The molecule has 3 saturated carbocycles. The van der Waals surface area contributed by atoms with Crippen LogP contribution < -0.4 is 15.8 Å². The molecule has 2 bridgehead atoms. The number of hydrogen-bond acceptors (Lipinski definition) is 7. The van der Waals surface area contributed by atoms with Crippen LogP contribution in [0.5, 0.6) is 5.75 Å². The van der Waals surface area contributed by atoms with E-state index in [-0.39, 0.29) is 34.7 Å². The van der Waals surface area contributed by atoms with Crippen molar-refractivity contribution >= 4 is 19.0 Å². The van der Waals surface area contributed by atoms with Gasteiger partial charge in [-0.05, 0) is 72.1 Å². The topological polar surface area (TPSA) is 133 Å². The number of ether oxygens (including phenoxy) is 1. The fraction of sp³-hybridized carbons (Fsp3) is 0.581. The molecule has 0 spiro atoms. The zero-order valence-corrected chi connectivity index (χ0v) is 25.1. The summed E-state index contributed by atoms with van der Waals surface area (Å²) in [6.07, 6.45) is 5.34. The molecule has 2 aromatic rings. The van der Waals surface area contributed by atoms with Crippen molar-refractivity contribution in [2.75, 3.05) is 7.11 Å². The maximum Gasteiger partial charge on any atom is 0.482 e. The third-order valence-electron chi connectivity index (χ3n) is 9.88. The minimum Gasteiger partial charge on any atom is -0.496 e. The highest BCUT2D eigenvalue weighted by atomic mass is 16.7. The van der Waals surface area contributed by atoms with Crippen LogP contribution in [0.2, 0.25) is 0 Å². The Morgan fingerprint density at radius 1 is 1.24 bits per heavy atom. The Bertz CT molecular complexity index is 1330. The molecule has 1 aromatic heterocycles. The van der Waals surface area contributed by atoms with Crippen LogP contribution in [0.1, 0.15) is 87.5 Å². The minimum atomic E-state index is -1.09. The summed E-state index contributed by atoms with van der Waals surface area (Å²) in [6, 6.07) is 5.95. The molecule has 6 rings (SSSR count). The Kier molecular flexibility index (Phi) is 7.49. The molecular weight excluding hydrogens is 521 g/mol. The predicted molar refractivity (Wildman–Crippen MR) is 156 cm³/mol. The lowest BCUT2D eigenvalue weighted by molar-refractivity contribution is -0.199. The first-order valence-corrected chi connectivity index (χ1v) is 14.4. The summed E-state index contributed by atoms with van der Waals surface area (Å²) in [5.41, 5.74) is 7.96. The Labute approximate surface area is 242 Å². The number of carboxylic acids is 1. The summed E-state index contributed by atoms with van der Waals surface area (Å²) in [4.78, 5) is 29.8. The number of carbonyl (C=O) groups is 2. The van der Waals surface area contributed by atoms with E-state index < -0.39 is 36.6 Å². The number of carboxylic acid groups (broad SMARTS) is 1. The molecule has 1 aliphatic heterocycles. The molecule has 1 amide bonds. The van der Waals surface area contributed by atoms with Gasteiger partial charge in [-0.1, -0.05) is 46.8 Å². The zero-order chi connectivity index (χ0) is 29.9. The maximum absolute atomic E-state index is 13.6. The van der Waals surface area contributed by atoms with Gasteiger partial charge in [0.2, 0.25) is 5.91 Å². The summed E-state index contributed by atoms with van der Waals surface area (Å²) in [5, 5.41) is 13.1. The normalized spacial score (nSPS) is 27.8. The molecule has 41 heavy (non-hydrogen) atoms. The summed E-state index contributed by atoms with van der Waals surface area (Å²) >= 11 is 0. The molecule has 1 saturated heterocycles. The van der Waals surface area contributed by atoms with Gasteiger partial charge < -0.3 is 30.2 Å². The van der Waals surface area contributed by atoms with E-state index >= 15 is 0 Å². The molecule has 1 aromatic carbocycles. The van der Waals surface area contributed by atoms with Crippen LogP contribution in [0.3, 0.4) is 0 Å². The van der Waals surface area contributed by atoms with Crippen LogP contribution in [-0.4, -0.2) is 53.8 Å². The maximum atomic E-state index is 13.6. The fourth-order valence-corrected chi connectivity index (χ4v) is 7.42. The van der Waals surface area contributed by atoms with E-state index in [1.54, 1.807) is 30.6 Å². The first-order chi connectivity index (χ1) is 19.2. The van der Waals surface area contributed by atoms with Gasteiger partial charge in [0.05, 0.1) is 24.8 Å². The second kappa shape index (κ2) is 10.4. The molecule has 6 atom stereocenters.